The zero-order valence-electron chi connectivity index (χ0n) is 28.0. The van der Waals surface area contributed by atoms with Crippen molar-refractivity contribution in [1.29, 1.82) is 0 Å². The number of ether oxygens (including phenoxy) is 2. The summed E-state index contributed by atoms with van der Waals surface area (Å²) >= 11 is 0.809. The second-order valence-corrected chi connectivity index (χ2v) is 17.3. The number of Topliss-reactive ketones (excluding diaryl/α,β-unsaturated/α-hetero) is 1. The van der Waals surface area contributed by atoms with Crippen LogP contribution < -0.4 is 15.9 Å². The fourth-order valence-electron chi connectivity index (χ4n) is 6.05. The number of rotatable bonds is 12. The molecule has 0 bridgehead atoms. The van der Waals surface area contributed by atoms with Crippen LogP contribution in [0, 0.1) is 11.3 Å². The van der Waals surface area contributed by atoms with E-state index in [9.17, 15) is 34.2 Å². The molecule has 10 nitrogen and oxygen atoms in total. The van der Waals surface area contributed by atoms with Gasteiger partial charge in [-0.1, -0.05) is 91.0 Å². The summed E-state index contributed by atoms with van der Waals surface area (Å²) in [6.45, 7) is 2.35. The van der Waals surface area contributed by atoms with E-state index in [-0.39, 0.29) is 21.6 Å². The number of aliphatic hydroxyl groups is 1. The second-order valence-electron chi connectivity index (χ2n) is 12.9. The van der Waals surface area contributed by atoms with Gasteiger partial charge in [0, 0.05) is 13.3 Å². The van der Waals surface area contributed by atoms with Crippen LogP contribution in [-0.4, -0.2) is 69.1 Å². The van der Waals surface area contributed by atoms with E-state index in [4.69, 9.17) is 9.47 Å². The van der Waals surface area contributed by atoms with Crippen molar-refractivity contribution in [1.82, 2.24) is 4.90 Å². The summed E-state index contributed by atoms with van der Waals surface area (Å²) in [7, 11) is 0. The SMILES string of the molecule is CC(O)C1C(=O)N(C(C(=O)OCOC(=O)C(C)(C)C)=P(c2ccccc2)(c2ccccc2)c2ccccc2)C1CC(=O)c1ccc(C(=O)O)s1. The summed E-state index contributed by atoms with van der Waals surface area (Å²) in [6, 6.07) is 29.5. The molecule has 3 unspecified atom stereocenters. The number of likely N-dealkylation sites (tertiary alicyclic amines) is 1. The molecule has 3 aromatic carbocycles. The molecule has 1 aliphatic rings. The minimum Gasteiger partial charge on any atom is -0.477 e. The zero-order chi connectivity index (χ0) is 36.2. The van der Waals surface area contributed by atoms with Crippen LogP contribution in [0.25, 0.3) is 0 Å². The Morgan fingerprint density at radius 2 is 1.28 bits per heavy atom. The standard InChI is InChI=1S/C38H38NO9PS/c1-24(40)32-28(22-29(41)30-20-21-31(50-30)35(43)44)39(33(32)42)34(36(45)47-23-48-37(46)38(2,3)4)49(25-14-8-5-9-15-25,26-16-10-6-11-17-26)27-18-12-7-13-19-27/h5-21,24,28,32,40H,22-23H2,1-4H3,(H,43,44). The summed E-state index contributed by atoms with van der Waals surface area (Å²) < 4.78 is 11.0. The third-order valence-electron chi connectivity index (χ3n) is 8.43. The number of thiophene rings is 1. The molecule has 1 saturated heterocycles. The van der Waals surface area contributed by atoms with E-state index in [1.54, 1.807) is 20.8 Å². The molecule has 4 aromatic rings. The Hall–Kier alpha value is -4.83. The van der Waals surface area contributed by atoms with Gasteiger partial charge in [-0.2, -0.15) is 0 Å². The van der Waals surface area contributed by atoms with Crippen LogP contribution in [0.2, 0.25) is 0 Å². The molecule has 2 heterocycles. The predicted octanol–water partition coefficient (Wildman–Crippen LogP) is 4.44. The van der Waals surface area contributed by atoms with Crippen LogP contribution in [0.3, 0.4) is 0 Å². The number of β-lactam (4-membered cyclic amide) rings is 1. The second kappa shape index (κ2) is 15.0. The predicted molar refractivity (Wildman–Crippen MR) is 193 cm³/mol. The van der Waals surface area contributed by atoms with Crippen molar-refractivity contribution in [2.45, 2.75) is 46.3 Å². The van der Waals surface area contributed by atoms with Crippen molar-refractivity contribution in [2.24, 2.45) is 11.3 Å². The highest BCUT2D eigenvalue weighted by Crippen LogP contribution is 2.50. The maximum absolute atomic E-state index is 14.7. The van der Waals surface area contributed by atoms with Gasteiger partial charge in [-0.05, 0) is 55.7 Å². The molecule has 2 N–H and O–H groups in total. The summed E-state index contributed by atoms with van der Waals surface area (Å²) in [5, 5.41) is 22.4. The van der Waals surface area contributed by atoms with E-state index in [1.165, 1.54) is 24.0 Å². The summed E-state index contributed by atoms with van der Waals surface area (Å²) in [6.07, 6.45) is -1.49. The van der Waals surface area contributed by atoms with E-state index < -0.39 is 66.8 Å². The molecule has 12 heteroatoms. The van der Waals surface area contributed by atoms with Gasteiger partial charge in [0.1, 0.15) is 10.3 Å². The fraction of sp³-hybridized carbons (Fsp3) is 0.263. The lowest BCUT2D eigenvalue weighted by molar-refractivity contribution is -0.171. The highest BCUT2D eigenvalue weighted by Gasteiger charge is 2.55. The first-order valence-corrected chi connectivity index (χ1v) is 18.5. The molecule has 1 fully saturated rings. The van der Waals surface area contributed by atoms with E-state index in [2.05, 4.69) is 0 Å². The van der Waals surface area contributed by atoms with Gasteiger partial charge in [0.2, 0.25) is 12.7 Å². The highest BCUT2D eigenvalue weighted by atomic mass is 32.1. The number of hydrogen-bond acceptors (Lipinski definition) is 9. The highest BCUT2D eigenvalue weighted by molar-refractivity contribution is 7.96. The topological polar surface area (TPSA) is 148 Å². The lowest BCUT2D eigenvalue weighted by Gasteiger charge is -2.50. The molecule has 0 radical (unpaired) electrons. The average molecular weight is 716 g/mol. The Labute approximate surface area is 294 Å². The Morgan fingerprint density at radius 3 is 1.70 bits per heavy atom. The number of carboxylic acid groups (broad SMARTS) is 1. The molecular formula is C38H38NO9PS. The first-order chi connectivity index (χ1) is 23.8. The molecule has 0 saturated carbocycles. The number of esters is 2. The minimum atomic E-state index is -3.35. The molecule has 260 valence electrons. The van der Waals surface area contributed by atoms with Gasteiger partial charge in [-0.15, -0.1) is 11.3 Å². The number of hydrogen-bond donors (Lipinski definition) is 2. The van der Waals surface area contributed by atoms with E-state index >= 15 is 0 Å². The van der Waals surface area contributed by atoms with Gasteiger partial charge >= 0.3 is 17.9 Å². The number of benzene rings is 3. The van der Waals surface area contributed by atoms with Gasteiger partial charge in [0.25, 0.3) is 0 Å². The Morgan fingerprint density at radius 1 is 0.800 bits per heavy atom. The van der Waals surface area contributed by atoms with Crippen LogP contribution in [0.4, 0.5) is 0 Å². The molecule has 1 amide bonds. The Kier molecular flexibility index (Phi) is 10.9. The number of aromatic carboxylic acids is 1. The van der Waals surface area contributed by atoms with Gasteiger partial charge in [0.05, 0.1) is 28.4 Å². The molecule has 5 rings (SSSR count). The lowest BCUT2D eigenvalue weighted by atomic mass is 9.80. The molecule has 50 heavy (non-hydrogen) atoms. The lowest BCUT2D eigenvalue weighted by Crippen LogP contribution is -2.68. The van der Waals surface area contributed by atoms with Gasteiger partial charge in [0.15, 0.2) is 5.78 Å². The van der Waals surface area contributed by atoms with Crippen molar-refractivity contribution < 1.29 is 43.7 Å². The molecule has 1 aliphatic heterocycles. The van der Waals surface area contributed by atoms with Gasteiger partial charge < -0.3 is 24.6 Å². The number of carbonyl (C=O) groups excluding carboxylic acids is 4. The first kappa shape index (κ1) is 36.5. The van der Waals surface area contributed by atoms with E-state index in [0.29, 0.717) is 15.9 Å². The molecular weight excluding hydrogens is 677 g/mol. The van der Waals surface area contributed by atoms with Crippen LogP contribution in [-0.2, 0) is 23.9 Å². The quantitative estimate of drug-likeness (QED) is 0.0715. The van der Waals surface area contributed by atoms with E-state index in [0.717, 1.165) is 11.3 Å². The van der Waals surface area contributed by atoms with E-state index in [1.807, 2.05) is 91.0 Å². The number of aliphatic hydroxyl groups excluding tert-OH is 1. The Balaban J connectivity index is 1.79. The van der Waals surface area contributed by atoms with Crippen LogP contribution >= 0.6 is 18.2 Å². The normalized spacial score (nSPS) is 16.6. The summed E-state index contributed by atoms with van der Waals surface area (Å²) in [5.41, 5.74) is -0.926. The molecule has 1 aromatic heterocycles. The third kappa shape index (κ3) is 7.07. The maximum atomic E-state index is 14.7. The summed E-state index contributed by atoms with van der Waals surface area (Å²) in [4.78, 5) is 68.4. The van der Waals surface area contributed by atoms with Crippen molar-refractivity contribution in [3.63, 3.8) is 0 Å². The smallest absolute Gasteiger partial charge is 0.358 e. The monoisotopic (exact) mass is 715 g/mol. The number of carboxylic acids is 1. The average Bonchev–Trinajstić information content (AvgIpc) is 3.60. The first-order valence-electron chi connectivity index (χ1n) is 15.9. The van der Waals surface area contributed by atoms with Crippen LogP contribution in [0.1, 0.15) is 53.5 Å². The largest absolute Gasteiger partial charge is 0.477 e. The maximum Gasteiger partial charge on any atom is 0.358 e. The minimum absolute atomic E-state index is 0.0234. The summed E-state index contributed by atoms with van der Waals surface area (Å²) in [5.74, 6) is -4.80. The van der Waals surface area contributed by atoms with Crippen molar-refractivity contribution in [3.05, 3.63) is 113 Å². The Bertz CT molecular complexity index is 1850. The van der Waals surface area contributed by atoms with Crippen molar-refractivity contribution in [2.75, 3.05) is 6.79 Å². The molecule has 0 spiro atoms. The number of carbonyl (C=O) groups is 5. The van der Waals surface area contributed by atoms with Crippen molar-refractivity contribution >= 4 is 69.2 Å². The zero-order valence-corrected chi connectivity index (χ0v) is 29.7. The third-order valence-corrected chi connectivity index (χ3v) is 13.8. The van der Waals surface area contributed by atoms with Crippen molar-refractivity contribution in [3.8, 4) is 0 Å². The van der Waals surface area contributed by atoms with Gasteiger partial charge in [-0.25, -0.2) is 9.59 Å². The molecule has 3 atom stereocenters. The number of nitrogens with zero attached hydrogens (tertiary/aromatic N) is 1. The number of ketones is 1. The van der Waals surface area contributed by atoms with Gasteiger partial charge in [-0.3, -0.25) is 14.4 Å². The number of amides is 1. The van der Waals surface area contributed by atoms with Crippen LogP contribution in [0.5, 0.6) is 0 Å². The van der Waals surface area contributed by atoms with Crippen LogP contribution in [0.15, 0.2) is 103 Å². The molecule has 0 aliphatic carbocycles. The fourth-order valence-corrected chi connectivity index (χ4v) is 11.2.